The predicted octanol–water partition coefficient (Wildman–Crippen LogP) is 3.52. The summed E-state index contributed by atoms with van der Waals surface area (Å²) in [4.78, 5) is 39.4. The Kier molecular flexibility index (Phi) is 9.78. The lowest BCUT2D eigenvalue weighted by atomic mass is 9.84. The number of carbonyl (C=O) groups excluding carboxylic acids is 3. The molecule has 3 amide bonds. The van der Waals surface area contributed by atoms with E-state index < -0.39 is 40.8 Å². The Bertz CT molecular complexity index is 1080. The van der Waals surface area contributed by atoms with E-state index in [1.54, 1.807) is 5.48 Å². The highest BCUT2D eigenvalue weighted by atomic mass is 16.5. The number of hydroxylamine groups is 1. The van der Waals surface area contributed by atoms with Gasteiger partial charge in [0, 0.05) is 5.54 Å². The molecule has 2 aromatic carbocycles. The fraction of sp³-hybridized carbons (Fsp3) is 0.464. The topological polar surface area (TPSA) is 117 Å². The molecular weight excluding hydrogens is 458 g/mol. The van der Waals surface area contributed by atoms with Crippen molar-refractivity contribution in [1.82, 2.24) is 16.1 Å². The van der Waals surface area contributed by atoms with Gasteiger partial charge in [-0.05, 0) is 48.9 Å². The first-order valence-corrected chi connectivity index (χ1v) is 12.0. The van der Waals surface area contributed by atoms with Crippen LogP contribution in [0.3, 0.4) is 0 Å². The molecule has 0 aliphatic carbocycles. The maximum absolute atomic E-state index is 13.7. The zero-order valence-electron chi connectivity index (χ0n) is 22.1. The van der Waals surface area contributed by atoms with Gasteiger partial charge in [0.1, 0.15) is 6.04 Å². The Balaban J connectivity index is 2.45. The highest BCUT2D eigenvalue weighted by Crippen LogP contribution is 2.24. The number of carbonyl (C=O) groups is 3. The van der Waals surface area contributed by atoms with Crippen LogP contribution in [0.2, 0.25) is 0 Å². The van der Waals surface area contributed by atoms with Gasteiger partial charge in [-0.3, -0.25) is 19.6 Å². The standard InChI is InChI=1S/C28H39N3O5/c1-8-15-36-22(25(33)31-35)21(17-18-13-14-19-11-9-10-12-20(19)16-18)24(32)29-23(27(2,3)4)26(34)30-28(5,6)7/h8-14,16,21-23,35H,1,15,17H2,2-7H3,(H,29,32)(H,30,34)(H,31,33)/t21?,22-,23+/m0/s1. The van der Waals surface area contributed by atoms with Gasteiger partial charge in [0.15, 0.2) is 6.10 Å². The van der Waals surface area contributed by atoms with Gasteiger partial charge in [-0.15, -0.1) is 6.58 Å². The van der Waals surface area contributed by atoms with Crippen molar-refractivity contribution in [2.75, 3.05) is 6.61 Å². The van der Waals surface area contributed by atoms with Crippen molar-refractivity contribution >= 4 is 28.5 Å². The molecule has 0 saturated carbocycles. The normalized spacial score (nSPS) is 14.4. The molecule has 2 rings (SSSR count). The summed E-state index contributed by atoms with van der Waals surface area (Å²) < 4.78 is 5.64. The molecule has 2 aromatic rings. The Labute approximate surface area is 213 Å². The Morgan fingerprint density at radius 1 is 0.972 bits per heavy atom. The molecule has 36 heavy (non-hydrogen) atoms. The van der Waals surface area contributed by atoms with Gasteiger partial charge in [0.05, 0.1) is 12.5 Å². The average Bonchev–Trinajstić information content (AvgIpc) is 2.79. The van der Waals surface area contributed by atoms with Crippen LogP contribution in [0.1, 0.15) is 47.1 Å². The van der Waals surface area contributed by atoms with Gasteiger partial charge in [0.2, 0.25) is 11.8 Å². The van der Waals surface area contributed by atoms with Gasteiger partial charge in [-0.1, -0.05) is 69.3 Å². The highest BCUT2D eigenvalue weighted by Gasteiger charge is 2.40. The minimum atomic E-state index is -1.31. The van der Waals surface area contributed by atoms with E-state index in [1.165, 1.54) is 6.08 Å². The van der Waals surface area contributed by atoms with Gasteiger partial charge >= 0.3 is 0 Å². The summed E-state index contributed by atoms with van der Waals surface area (Å²) >= 11 is 0. The number of rotatable bonds is 10. The van der Waals surface area contributed by atoms with Crippen molar-refractivity contribution in [2.24, 2.45) is 11.3 Å². The second kappa shape index (κ2) is 12.1. The molecule has 8 heteroatoms. The molecular formula is C28H39N3O5. The third-order valence-corrected chi connectivity index (χ3v) is 5.65. The van der Waals surface area contributed by atoms with Crippen molar-refractivity contribution in [3.63, 3.8) is 0 Å². The molecule has 1 unspecified atom stereocenters. The van der Waals surface area contributed by atoms with Crippen LogP contribution in [0.4, 0.5) is 0 Å². The van der Waals surface area contributed by atoms with E-state index in [0.29, 0.717) is 0 Å². The summed E-state index contributed by atoms with van der Waals surface area (Å²) in [5.74, 6) is -2.76. The zero-order valence-corrected chi connectivity index (χ0v) is 22.1. The third kappa shape index (κ3) is 8.17. The van der Waals surface area contributed by atoms with Crippen LogP contribution in [0.25, 0.3) is 10.8 Å². The molecule has 4 N–H and O–H groups in total. The fourth-order valence-corrected chi connectivity index (χ4v) is 3.93. The number of ether oxygens (including phenoxy) is 1. The maximum atomic E-state index is 13.7. The lowest BCUT2D eigenvalue weighted by molar-refractivity contribution is -0.150. The molecule has 3 atom stereocenters. The van der Waals surface area contributed by atoms with Crippen molar-refractivity contribution in [1.29, 1.82) is 0 Å². The number of hydrogen-bond acceptors (Lipinski definition) is 5. The van der Waals surface area contributed by atoms with E-state index in [2.05, 4.69) is 17.2 Å². The van der Waals surface area contributed by atoms with E-state index in [0.717, 1.165) is 16.3 Å². The van der Waals surface area contributed by atoms with Crippen LogP contribution < -0.4 is 16.1 Å². The molecule has 0 aromatic heterocycles. The van der Waals surface area contributed by atoms with E-state index in [1.807, 2.05) is 84.0 Å². The molecule has 0 aliphatic rings. The molecule has 0 saturated heterocycles. The van der Waals surface area contributed by atoms with Crippen LogP contribution in [-0.4, -0.2) is 47.2 Å². The van der Waals surface area contributed by atoms with E-state index in [4.69, 9.17) is 4.74 Å². The second-order valence-corrected chi connectivity index (χ2v) is 11.1. The van der Waals surface area contributed by atoms with Gasteiger partial charge in [0.25, 0.3) is 5.91 Å². The minimum absolute atomic E-state index is 0.00715. The second-order valence-electron chi connectivity index (χ2n) is 11.1. The Hall–Kier alpha value is -3.23. The average molecular weight is 498 g/mol. The van der Waals surface area contributed by atoms with Gasteiger partial charge in [-0.25, -0.2) is 5.48 Å². The minimum Gasteiger partial charge on any atom is -0.363 e. The molecule has 0 spiro atoms. The number of nitrogens with one attached hydrogen (secondary N) is 3. The van der Waals surface area contributed by atoms with E-state index in [-0.39, 0.29) is 18.9 Å². The van der Waals surface area contributed by atoms with Crippen LogP contribution in [0.15, 0.2) is 55.1 Å². The van der Waals surface area contributed by atoms with E-state index >= 15 is 0 Å². The van der Waals surface area contributed by atoms with Crippen LogP contribution in [0, 0.1) is 11.3 Å². The number of benzene rings is 2. The summed E-state index contributed by atoms with van der Waals surface area (Å²) in [7, 11) is 0. The van der Waals surface area contributed by atoms with Crippen LogP contribution >= 0.6 is 0 Å². The summed E-state index contributed by atoms with van der Waals surface area (Å²) in [6, 6.07) is 12.7. The Morgan fingerprint density at radius 3 is 2.17 bits per heavy atom. The number of hydrogen-bond donors (Lipinski definition) is 4. The molecule has 0 fully saturated rings. The number of amides is 3. The Morgan fingerprint density at radius 2 is 1.61 bits per heavy atom. The van der Waals surface area contributed by atoms with E-state index in [9.17, 15) is 19.6 Å². The summed E-state index contributed by atoms with van der Waals surface area (Å²) in [6.07, 6.45) is 0.284. The quantitative estimate of drug-likeness (QED) is 0.228. The fourth-order valence-electron chi connectivity index (χ4n) is 3.93. The monoisotopic (exact) mass is 497 g/mol. The first kappa shape index (κ1) is 29.0. The first-order valence-electron chi connectivity index (χ1n) is 12.0. The van der Waals surface area contributed by atoms with Crippen molar-refractivity contribution in [3.8, 4) is 0 Å². The lowest BCUT2D eigenvalue weighted by Crippen LogP contribution is -2.59. The molecule has 0 aliphatic heterocycles. The summed E-state index contributed by atoms with van der Waals surface area (Å²) in [5.41, 5.74) is 1.29. The molecule has 0 bridgehead atoms. The first-order chi connectivity index (χ1) is 16.8. The molecule has 0 heterocycles. The smallest absolute Gasteiger partial charge is 0.273 e. The van der Waals surface area contributed by atoms with Crippen LogP contribution in [0.5, 0.6) is 0 Å². The molecule has 8 nitrogen and oxygen atoms in total. The van der Waals surface area contributed by atoms with Crippen molar-refractivity contribution < 1.29 is 24.3 Å². The van der Waals surface area contributed by atoms with Gasteiger partial charge in [-0.2, -0.15) is 0 Å². The zero-order chi connectivity index (χ0) is 27.1. The van der Waals surface area contributed by atoms with Crippen LogP contribution in [-0.2, 0) is 25.5 Å². The third-order valence-electron chi connectivity index (χ3n) is 5.65. The lowest BCUT2D eigenvalue weighted by Gasteiger charge is -2.35. The molecule has 196 valence electrons. The van der Waals surface area contributed by atoms with Gasteiger partial charge < -0.3 is 15.4 Å². The highest BCUT2D eigenvalue weighted by molar-refractivity contribution is 5.93. The maximum Gasteiger partial charge on any atom is 0.273 e. The predicted molar refractivity (Wildman–Crippen MR) is 140 cm³/mol. The van der Waals surface area contributed by atoms with Crippen molar-refractivity contribution in [2.45, 2.75) is 65.6 Å². The summed E-state index contributed by atoms with van der Waals surface area (Å²) in [6.45, 7) is 14.7. The van der Waals surface area contributed by atoms with Crippen molar-refractivity contribution in [3.05, 3.63) is 60.7 Å². The SMILES string of the molecule is C=CCO[C@H](C(=O)NO)C(Cc1ccc2ccccc2c1)C(=O)N[C@H](C(=O)NC(C)(C)C)C(C)(C)C. The largest absolute Gasteiger partial charge is 0.363 e. The number of fused-ring (bicyclic) bond motifs is 1. The summed E-state index contributed by atoms with van der Waals surface area (Å²) in [5, 5.41) is 17.2. The molecule has 0 radical (unpaired) electrons.